The van der Waals surface area contributed by atoms with Gasteiger partial charge in [-0.3, -0.25) is 0 Å². The largest absolute Gasteiger partial charge is 0.166 e. The minimum Gasteiger partial charge on any atom is -0.0619 e. The van der Waals surface area contributed by atoms with Gasteiger partial charge in [-0.25, -0.2) is 0 Å². The molecule has 0 saturated heterocycles. The molecule has 0 nitrogen and oxygen atoms in total. The summed E-state index contributed by atoms with van der Waals surface area (Å²) in [7, 11) is -0.0391. The van der Waals surface area contributed by atoms with Gasteiger partial charge in [-0.2, -0.15) is 0 Å². The number of hydrogen-bond acceptors (Lipinski definition) is 0. The normalized spacial score (nSPS) is 16.6. The topological polar surface area (TPSA) is 0 Å². The van der Waals surface area contributed by atoms with Gasteiger partial charge in [-0.1, -0.05) is 93.5 Å². The van der Waals surface area contributed by atoms with Gasteiger partial charge in [-0.05, 0) is 60.7 Å². The van der Waals surface area contributed by atoms with Crippen LogP contribution < -0.4 is 0 Å². The number of hydrogen-bond donors (Lipinski definition) is 0. The maximum absolute atomic E-state index is 2.43. The molecule has 0 atom stereocenters. The number of benzene rings is 3. The lowest BCUT2D eigenvalue weighted by Gasteiger charge is -2.19. The molecule has 0 aliphatic heterocycles. The molecule has 1 aliphatic carbocycles. The minimum absolute atomic E-state index is 0.0391. The van der Waals surface area contributed by atoms with Crippen LogP contribution in [0.5, 0.6) is 0 Å². The van der Waals surface area contributed by atoms with Gasteiger partial charge in [-0.15, -0.1) is 0 Å². The highest BCUT2D eigenvalue weighted by atomic mass is 32.2. The van der Waals surface area contributed by atoms with Crippen molar-refractivity contribution in [2.75, 3.05) is 0 Å². The van der Waals surface area contributed by atoms with Gasteiger partial charge in [0, 0.05) is 0 Å². The molecule has 3 aromatic rings. The molecule has 0 bridgehead atoms. The average Bonchev–Trinajstić information content (AvgIpc) is 2.80. The van der Waals surface area contributed by atoms with Crippen molar-refractivity contribution >= 4 is 10.9 Å². The van der Waals surface area contributed by atoms with Gasteiger partial charge in [0.05, 0.1) is 10.9 Å². The van der Waals surface area contributed by atoms with Crippen molar-refractivity contribution in [2.24, 2.45) is 0 Å². The molecule has 0 unspecified atom stereocenters. The van der Waals surface area contributed by atoms with E-state index in [9.17, 15) is 0 Å². The Bertz CT molecular complexity index is 789. The van der Waals surface area contributed by atoms with Crippen molar-refractivity contribution in [3.63, 3.8) is 0 Å². The standard InChI is InChI=1S/C28H33S/c1-2-4-8-14-24(15-9-5-3-1)25-20-22-28(23-21-25)29(26-16-10-6-11-17-26)27-18-12-7-13-19-27/h6-7,10-13,16-24H,1-5,8-9,14-15H2/q+1. The maximum Gasteiger partial charge on any atom is 0.166 e. The first-order valence-electron chi connectivity index (χ1n) is 11.4. The fourth-order valence-electron chi connectivity index (χ4n) is 4.54. The summed E-state index contributed by atoms with van der Waals surface area (Å²) in [5, 5.41) is 0. The summed E-state index contributed by atoms with van der Waals surface area (Å²) < 4.78 is 0. The average molecular weight is 402 g/mol. The van der Waals surface area contributed by atoms with Crippen LogP contribution in [0.25, 0.3) is 0 Å². The van der Waals surface area contributed by atoms with Gasteiger partial charge in [0.1, 0.15) is 0 Å². The minimum atomic E-state index is -0.0391. The van der Waals surface area contributed by atoms with Crippen molar-refractivity contribution in [1.29, 1.82) is 0 Å². The SMILES string of the molecule is c1ccc([S+](c2ccccc2)c2ccc(C3CCCCCCCCC3)cc2)cc1. The third-order valence-corrected chi connectivity index (χ3v) is 8.38. The van der Waals surface area contributed by atoms with Crippen molar-refractivity contribution in [3.05, 3.63) is 90.5 Å². The predicted molar refractivity (Wildman–Crippen MR) is 126 cm³/mol. The van der Waals surface area contributed by atoms with E-state index in [1.54, 1.807) is 5.56 Å². The third-order valence-electron chi connectivity index (χ3n) is 6.15. The summed E-state index contributed by atoms with van der Waals surface area (Å²) in [4.78, 5) is 4.21. The second-order valence-corrected chi connectivity index (χ2v) is 10.3. The lowest BCUT2D eigenvalue weighted by atomic mass is 9.87. The van der Waals surface area contributed by atoms with Gasteiger partial charge in [0.15, 0.2) is 14.7 Å². The highest BCUT2D eigenvalue weighted by molar-refractivity contribution is 7.97. The first-order chi connectivity index (χ1) is 14.4. The fourth-order valence-corrected chi connectivity index (χ4v) is 6.62. The summed E-state index contributed by atoms with van der Waals surface area (Å²) >= 11 is 0. The molecule has 0 spiro atoms. The van der Waals surface area contributed by atoms with E-state index in [1.807, 2.05) is 0 Å². The maximum atomic E-state index is 2.43. The van der Waals surface area contributed by atoms with Crippen molar-refractivity contribution in [1.82, 2.24) is 0 Å². The van der Waals surface area contributed by atoms with Crippen molar-refractivity contribution in [2.45, 2.75) is 78.4 Å². The molecule has 29 heavy (non-hydrogen) atoms. The molecule has 0 aromatic heterocycles. The van der Waals surface area contributed by atoms with Crippen LogP contribution in [0.3, 0.4) is 0 Å². The molecule has 0 amide bonds. The van der Waals surface area contributed by atoms with Crippen LogP contribution in [0.15, 0.2) is 99.6 Å². The van der Waals surface area contributed by atoms with Gasteiger partial charge in [0.25, 0.3) is 0 Å². The van der Waals surface area contributed by atoms with Gasteiger partial charge >= 0.3 is 0 Å². The van der Waals surface area contributed by atoms with E-state index in [4.69, 9.17) is 0 Å². The Morgan fingerprint density at radius 3 is 1.34 bits per heavy atom. The smallest absolute Gasteiger partial charge is 0.0619 e. The Morgan fingerprint density at radius 2 is 0.862 bits per heavy atom. The summed E-state index contributed by atoms with van der Waals surface area (Å²) in [5.41, 5.74) is 1.55. The van der Waals surface area contributed by atoms with Crippen LogP contribution in [0.4, 0.5) is 0 Å². The molecular formula is C28H33S+. The summed E-state index contributed by atoms with van der Waals surface area (Å²) in [6, 6.07) is 31.6. The fraction of sp³-hybridized carbons (Fsp3) is 0.357. The van der Waals surface area contributed by atoms with E-state index in [0.717, 1.165) is 5.92 Å². The Morgan fingerprint density at radius 1 is 0.448 bits per heavy atom. The second kappa shape index (κ2) is 10.7. The molecule has 0 heterocycles. The zero-order chi connectivity index (χ0) is 19.7. The van der Waals surface area contributed by atoms with Crippen LogP contribution >= 0.6 is 0 Å². The van der Waals surface area contributed by atoms with E-state index in [2.05, 4.69) is 84.9 Å². The molecule has 1 heteroatoms. The van der Waals surface area contributed by atoms with E-state index in [1.165, 1.54) is 72.5 Å². The molecule has 0 N–H and O–H groups in total. The van der Waals surface area contributed by atoms with Crippen molar-refractivity contribution < 1.29 is 0 Å². The highest BCUT2D eigenvalue weighted by Crippen LogP contribution is 2.34. The monoisotopic (exact) mass is 401 g/mol. The van der Waals surface area contributed by atoms with E-state index >= 15 is 0 Å². The summed E-state index contributed by atoms with van der Waals surface area (Å²) in [6.07, 6.45) is 12.7. The Hall–Kier alpha value is -1.99. The Kier molecular flexibility index (Phi) is 7.48. The number of rotatable bonds is 4. The Balaban J connectivity index is 1.58. The highest BCUT2D eigenvalue weighted by Gasteiger charge is 2.28. The molecular weight excluding hydrogens is 368 g/mol. The van der Waals surface area contributed by atoms with Gasteiger partial charge < -0.3 is 0 Å². The Labute approximate surface area is 179 Å². The molecule has 0 radical (unpaired) electrons. The van der Waals surface area contributed by atoms with Crippen LogP contribution in [-0.4, -0.2) is 0 Å². The third kappa shape index (κ3) is 5.54. The molecule has 3 aromatic carbocycles. The van der Waals surface area contributed by atoms with E-state index in [-0.39, 0.29) is 10.9 Å². The summed E-state index contributed by atoms with van der Waals surface area (Å²) in [5.74, 6) is 0.748. The van der Waals surface area contributed by atoms with Crippen molar-refractivity contribution in [3.8, 4) is 0 Å². The summed E-state index contributed by atoms with van der Waals surface area (Å²) in [6.45, 7) is 0. The molecule has 1 saturated carbocycles. The van der Waals surface area contributed by atoms with Gasteiger partial charge in [0.2, 0.25) is 0 Å². The van der Waals surface area contributed by atoms with Crippen LogP contribution in [0.2, 0.25) is 0 Å². The first kappa shape index (κ1) is 20.3. The zero-order valence-corrected chi connectivity index (χ0v) is 18.2. The first-order valence-corrected chi connectivity index (χ1v) is 12.6. The second-order valence-electron chi connectivity index (χ2n) is 8.25. The molecule has 1 aliphatic rings. The molecule has 4 rings (SSSR count). The van der Waals surface area contributed by atoms with Crippen LogP contribution in [-0.2, 0) is 10.9 Å². The molecule has 150 valence electrons. The van der Waals surface area contributed by atoms with Crippen LogP contribution in [0, 0.1) is 0 Å². The van der Waals surface area contributed by atoms with Crippen LogP contribution in [0.1, 0.15) is 69.3 Å². The lowest BCUT2D eigenvalue weighted by molar-refractivity contribution is 0.462. The van der Waals surface area contributed by atoms with E-state index in [0.29, 0.717) is 0 Å². The van der Waals surface area contributed by atoms with E-state index < -0.39 is 0 Å². The lowest BCUT2D eigenvalue weighted by Crippen LogP contribution is -2.06. The zero-order valence-electron chi connectivity index (χ0n) is 17.4. The quantitative estimate of drug-likeness (QED) is 0.385. The molecule has 1 fully saturated rings. The predicted octanol–water partition coefficient (Wildman–Crippen LogP) is 8.39.